The van der Waals surface area contributed by atoms with Crippen LogP contribution in [0, 0.1) is 17.7 Å². The van der Waals surface area contributed by atoms with Crippen LogP contribution in [0.3, 0.4) is 0 Å². The van der Waals surface area contributed by atoms with Crippen LogP contribution in [0.15, 0.2) is 36.4 Å². The number of hydrogen-bond donors (Lipinski definition) is 3. The van der Waals surface area contributed by atoms with E-state index in [0.717, 1.165) is 37.5 Å². The zero-order chi connectivity index (χ0) is 22.4. The standard InChI is InChI=1S/C26H35FO4/c1-17(28)7-4-2-3-5-9-20-21(26(31)16-25(20)30)13-14-24(29)19-12-11-18-8-6-10-23(27)22(18)15-19/h6,8,10-12,15,20-21,24-26,29-31H,2-5,7,9,13-14,16H2,1H3/t20-,21-,24?,25+,26-/m1/s1. The summed E-state index contributed by atoms with van der Waals surface area (Å²) in [7, 11) is 0. The first kappa shape index (κ1) is 23.8. The van der Waals surface area contributed by atoms with Crippen molar-refractivity contribution in [3.8, 4) is 0 Å². The Morgan fingerprint density at radius 1 is 1.03 bits per heavy atom. The number of fused-ring (bicyclic) bond motifs is 1. The van der Waals surface area contributed by atoms with Crippen LogP contribution >= 0.6 is 0 Å². The lowest BCUT2D eigenvalue weighted by atomic mass is 9.84. The highest BCUT2D eigenvalue weighted by atomic mass is 19.1. The third kappa shape index (κ3) is 6.34. The van der Waals surface area contributed by atoms with E-state index in [0.29, 0.717) is 36.6 Å². The van der Waals surface area contributed by atoms with Crippen molar-refractivity contribution in [1.29, 1.82) is 0 Å². The summed E-state index contributed by atoms with van der Waals surface area (Å²) in [6.45, 7) is 1.61. The topological polar surface area (TPSA) is 77.8 Å². The SMILES string of the molecule is CC(=O)CCCCCC[C@@H]1[C@@H](CCC(O)c2ccc3cccc(F)c3c2)[C@H](O)C[C@@H]1O. The van der Waals surface area contributed by atoms with Crippen LogP contribution < -0.4 is 0 Å². The molecule has 0 heterocycles. The van der Waals surface area contributed by atoms with Gasteiger partial charge in [0.25, 0.3) is 0 Å². The van der Waals surface area contributed by atoms with Crippen LogP contribution in [-0.2, 0) is 4.79 Å². The lowest BCUT2D eigenvalue weighted by molar-refractivity contribution is -0.117. The molecule has 3 rings (SSSR count). The average molecular weight is 431 g/mol. The number of hydrogen-bond acceptors (Lipinski definition) is 4. The molecule has 0 aromatic heterocycles. The molecule has 0 amide bonds. The molecule has 0 saturated heterocycles. The second-order valence-electron chi connectivity index (χ2n) is 9.17. The molecule has 3 N–H and O–H groups in total. The molecule has 1 fully saturated rings. The maximum absolute atomic E-state index is 14.1. The Labute approximate surface area is 184 Å². The molecule has 1 saturated carbocycles. The molecule has 0 bridgehead atoms. The van der Waals surface area contributed by atoms with Gasteiger partial charge >= 0.3 is 0 Å². The summed E-state index contributed by atoms with van der Waals surface area (Å²) in [6.07, 6.45) is 5.04. The second-order valence-corrected chi connectivity index (χ2v) is 9.17. The summed E-state index contributed by atoms with van der Waals surface area (Å²) in [6, 6.07) is 10.3. The highest BCUT2D eigenvalue weighted by Crippen LogP contribution is 2.40. The summed E-state index contributed by atoms with van der Waals surface area (Å²) in [5.74, 6) is -0.0884. The number of rotatable bonds is 11. The van der Waals surface area contributed by atoms with Gasteiger partial charge in [-0.05, 0) is 73.9 Å². The van der Waals surface area contributed by atoms with Gasteiger partial charge in [-0.1, -0.05) is 43.5 Å². The zero-order valence-corrected chi connectivity index (χ0v) is 18.3. The van der Waals surface area contributed by atoms with Crippen molar-refractivity contribution in [3.05, 3.63) is 47.8 Å². The Hall–Kier alpha value is -1.82. The molecule has 1 aliphatic carbocycles. The number of aliphatic hydroxyl groups excluding tert-OH is 3. The average Bonchev–Trinajstić information content (AvgIpc) is 3.01. The third-order valence-electron chi connectivity index (χ3n) is 6.85. The van der Waals surface area contributed by atoms with Crippen molar-refractivity contribution >= 4 is 16.6 Å². The molecule has 2 aromatic rings. The summed E-state index contributed by atoms with van der Waals surface area (Å²) in [5, 5.41) is 32.9. The molecular formula is C26H35FO4. The van der Waals surface area contributed by atoms with Gasteiger partial charge in [-0.15, -0.1) is 0 Å². The van der Waals surface area contributed by atoms with Gasteiger partial charge in [0, 0.05) is 11.8 Å². The number of unbranched alkanes of at least 4 members (excludes halogenated alkanes) is 3. The number of Topliss-reactive ketones (excluding diaryl/α,β-unsaturated/α-hetero) is 1. The monoisotopic (exact) mass is 430 g/mol. The lowest BCUT2D eigenvalue weighted by Crippen LogP contribution is -2.23. The molecule has 170 valence electrons. The van der Waals surface area contributed by atoms with E-state index in [1.807, 2.05) is 18.2 Å². The fourth-order valence-corrected chi connectivity index (χ4v) is 5.06. The highest BCUT2D eigenvalue weighted by Gasteiger charge is 2.40. The van der Waals surface area contributed by atoms with Crippen molar-refractivity contribution in [2.75, 3.05) is 0 Å². The number of ketones is 1. The predicted molar refractivity (Wildman–Crippen MR) is 120 cm³/mol. The highest BCUT2D eigenvalue weighted by molar-refractivity contribution is 5.83. The van der Waals surface area contributed by atoms with Crippen molar-refractivity contribution in [3.63, 3.8) is 0 Å². The number of carbonyl (C=O) groups is 1. The fraction of sp³-hybridized carbons (Fsp3) is 0.577. The van der Waals surface area contributed by atoms with Gasteiger partial charge in [-0.2, -0.15) is 0 Å². The Morgan fingerprint density at radius 3 is 2.48 bits per heavy atom. The third-order valence-corrected chi connectivity index (χ3v) is 6.85. The van der Waals surface area contributed by atoms with Crippen molar-refractivity contribution < 1.29 is 24.5 Å². The van der Waals surface area contributed by atoms with E-state index in [-0.39, 0.29) is 23.4 Å². The maximum Gasteiger partial charge on any atom is 0.131 e. The normalized spacial score (nSPS) is 24.5. The van der Waals surface area contributed by atoms with Gasteiger partial charge in [-0.3, -0.25) is 0 Å². The van der Waals surface area contributed by atoms with E-state index in [1.54, 1.807) is 19.1 Å². The number of carbonyl (C=O) groups excluding carboxylic acids is 1. The van der Waals surface area contributed by atoms with Gasteiger partial charge in [-0.25, -0.2) is 4.39 Å². The molecule has 5 heteroatoms. The van der Waals surface area contributed by atoms with E-state index in [9.17, 15) is 24.5 Å². The van der Waals surface area contributed by atoms with E-state index < -0.39 is 18.3 Å². The minimum atomic E-state index is -0.735. The molecule has 4 nitrogen and oxygen atoms in total. The minimum Gasteiger partial charge on any atom is -0.393 e. The van der Waals surface area contributed by atoms with Gasteiger partial charge < -0.3 is 20.1 Å². The quantitative estimate of drug-likeness (QED) is 0.435. The molecule has 1 unspecified atom stereocenters. The maximum atomic E-state index is 14.1. The number of benzene rings is 2. The van der Waals surface area contributed by atoms with Crippen LogP contribution in [0.5, 0.6) is 0 Å². The first-order chi connectivity index (χ1) is 14.9. The van der Waals surface area contributed by atoms with Crippen LogP contribution in [0.25, 0.3) is 10.8 Å². The van der Waals surface area contributed by atoms with Gasteiger partial charge in [0.05, 0.1) is 18.3 Å². The molecule has 31 heavy (non-hydrogen) atoms. The van der Waals surface area contributed by atoms with Gasteiger partial charge in [0.1, 0.15) is 11.6 Å². The van der Waals surface area contributed by atoms with Crippen molar-refractivity contribution in [2.24, 2.45) is 11.8 Å². The summed E-state index contributed by atoms with van der Waals surface area (Å²) >= 11 is 0. The van der Waals surface area contributed by atoms with Crippen LogP contribution in [0.4, 0.5) is 4.39 Å². The lowest BCUT2D eigenvalue weighted by Gasteiger charge is -2.25. The summed E-state index contributed by atoms with van der Waals surface area (Å²) < 4.78 is 14.1. The number of halogens is 1. The molecule has 5 atom stereocenters. The molecule has 2 aromatic carbocycles. The summed E-state index contributed by atoms with van der Waals surface area (Å²) in [4.78, 5) is 11.0. The van der Waals surface area contributed by atoms with Gasteiger partial charge in [0.15, 0.2) is 0 Å². The zero-order valence-electron chi connectivity index (χ0n) is 18.3. The Kier molecular flexibility index (Phi) is 8.58. The van der Waals surface area contributed by atoms with Crippen LogP contribution in [0.1, 0.15) is 76.4 Å². The second kappa shape index (κ2) is 11.2. The Balaban J connectivity index is 1.53. The van der Waals surface area contributed by atoms with E-state index in [4.69, 9.17) is 0 Å². The van der Waals surface area contributed by atoms with E-state index >= 15 is 0 Å². The molecule has 0 radical (unpaired) electrons. The first-order valence-electron chi connectivity index (χ1n) is 11.6. The Bertz CT molecular complexity index is 868. The molecular weight excluding hydrogens is 395 g/mol. The molecule has 1 aliphatic rings. The van der Waals surface area contributed by atoms with E-state index in [1.165, 1.54) is 6.07 Å². The van der Waals surface area contributed by atoms with Crippen molar-refractivity contribution in [2.45, 2.75) is 83.0 Å². The van der Waals surface area contributed by atoms with Crippen LogP contribution in [0.2, 0.25) is 0 Å². The smallest absolute Gasteiger partial charge is 0.131 e. The van der Waals surface area contributed by atoms with Gasteiger partial charge in [0.2, 0.25) is 0 Å². The van der Waals surface area contributed by atoms with Crippen molar-refractivity contribution in [1.82, 2.24) is 0 Å². The van der Waals surface area contributed by atoms with Crippen LogP contribution in [-0.4, -0.2) is 33.3 Å². The largest absolute Gasteiger partial charge is 0.393 e. The minimum absolute atomic E-state index is 0.0315. The summed E-state index contributed by atoms with van der Waals surface area (Å²) in [5.41, 5.74) is 0.674. The predicted octanol–water partition coefficient (Wildman–Crippen LogP) is 5.08. The number of aliphatic hydroxyl groups is 3. The molecule has 0 aliphatic heterocycles. The fourth-order valence-electron chi connectivity index (χ4n) is 5.06. The molecule has 0 spiro atoms. The van der Waals surface area contributed by atoms with E-state index in [2.05, 4.69) is 0 Å². The first-order valence-corrected chi connectivity index (χ1v) is 11.6. The Morgan fingerprint density at radius 2 is 1.74 bits per heavy atom.